The second kappa shape index (κ2) is 4.77. The van der Waals surface area contributed by atoms with Crippen LogP contribution in [0.1, 0.15) is 27.7 Å². The molecule has 15 heavy (non-hydrogen) atoms. The van der Waals surface area contributed by atoms with Crippen molar-refractivity contribution in [1.82, 2.24) is 5.32 Å². The van der Waals surface area contributed by atoms with Gasteiger partial charge in [0.05, 0.1) is 13.2 Å². The van der Waals surface area contributed by atoms with E-state index in [0.29, 0.717) is 13.2 Å². The summed E-state index contributed by atoms with van der Waals surface area (Å²) in [7, 11) is 0. The lowest BCUT2D eigenvalue weighted by molar-refractivity contribution is -0.198. The van der Waals surface area contributed by atoms with Crippen molar-refractivity contribution in [2.24, 2.45) is 5.41 Å². The SMILES string of the molecule is CC(=O)N/C(C)=C\C1OCC(C)(C)CO1. The molecule has 0 aromatic rings. The van der Waals surface area contributed by atoms with E-state index in [1.807, 2.05) is 6.92 Å². The van der Waals surface area contributed by atoms with Gasteiger partial charge in [0.15, 0.2) is 6.29 Å². The molecule has 0 saturated carbocycles. The Morgan fingerprint density at radius 3 is 2.33 bits per heavy atom. The highest BCUT2D eigenvalue weighted by atomic mass is 16.7. The number of hydrogen-bond donors (Lipinski definition) is 1. The van der Waals surface area contributed by atoms with Gasteiger partial charge in [-0.15, -0.1) is 0 Å². The molecule has 1 saturated heterocycles. The Morgan fingerprint density at radius 1 is 1.33 bits per heavy atom. The number of carbonyl (C=O) groups excluding carboxylic acids is 1. The minimum Gasteiger partial charge on any atom is -0.348 e. The third-order valence-corrected chi connectivity index (χ3v) is 2.04. The highest BCUT2D eigenvalue weighted by molar-refractivity contribution is 5.74. The zero-order valence-corrected chi connectivity index (χ0v) is 9.79. The van der Waals surface area contributed by atoms with Crippen LogP contribution < -0.4 is 5.32 Å². The maximum atomic E-state index is 10.8. The smallest absolute Gasteiger partial charge is 0.220 e. The first kappa shape index (κ1) is 12.2. The van der Waals surface area contributed by atoms with Gasteiger partial charge in [-0.2, -0.15) is 0 Å². The summed E-state index contributed by atoms with van der Waals surface area (Å²) in [6.07, 6.45) is 1.43. The summed E-state index contributed by atoms with van der Waals surface area (Å²) in [5.74, 6) is -0.0834. The van der Waals surface area contributed by atoms with Gasteiger partial charge in [-0.05, 0) is 13.0 Å². The molecule has 1 heterocycles. The normalized spacial score (nSPS) is 22.5. The quantitative estimate of drug-likeness (QED) is 0.754. The van der Waals surface area contributed by atoms with Crippen molar-refractivity contribution in [3.05, 3.63) is 11.8 Å². The number of nitrogens with one attached hydrogen (secondary N) is 1. The van der Waals surface area contributed by atoms with Gasteiger partial charge < -0.3 is 14.8 Å². The molecule has 0 aromatic carbocycles. The molecule has 1 aliphatic rings. The summed E-state index contributed by atoms with van der Waals surface area (Å²) in [4.78, 5) is 10.8. The Morgan fingerprint density at radius 2 is 1.87 bits per heavy atom. The minimum atomic E-state index is -0.343. The topological polar surface area (TPSA) is 47.6 Å². The van der Waals surface area contributed by atoms with E-state index in [0.717, 1.165) is 5.70 Å². The Labute approximate surface area is 90.6 Å². The molecule has 86 valence electrons. The van der Waals surface area contributed by atoms with Crippen LogP contribution >= 0.6 is 0 Å². The van der Waals surface area contributed by atoms with Gasteiger partial charge in [0.1, 0.15) is 0 Å². The van der Waals surface area contributed by atoms with E-state index < -0.39 is 0 Å². The van der Waals surface area contributed by atoms with Gasteiger partial charge in [0.25, 0.3) is 0 Å². The summed E-state index contributed by atoms with van der Waals surface area (Å²) in [6, 6.07) is 0. The van der Waals surface area contributed by atoms with E-state index >= 15 is 0 Å². The molecule has 1 rings (SSSR count). The number of hydrogen-bond acceptors (Lipinski definition) is 3. The zero-order chi connectivity index (χ0) is 11.5. The number of allylic oxidation sites excluding steroid dienone is 1. The average molecular weight is 213 g/mol. The van der Waals surface area contributed by atoms with Crippen molar-refractivity contribution in [1.29, 1.82) is 0 Å². The molecule has 1 fully saturated rings. The van der Waals surface area contributed by atoms with Gasteiger partial charge in [0, 0.05) is 18.0 Å². The summed E-state index contributed by atoms with van der Waals surface area (Å²) < 4.78 is 11.0. The second-order valence-electron chi connectivity index (χ2n) is 4.69. The van der Waals surface area contributed by atoms with Crippen LogP contribution in [0.15, 0.2) is 11.8 Å². The van der Waals surface area contributed by atoms with E-state index in [4.69, 9.17) is 9.47 Å². The van der Waals surface area contributed by atoms with E-state index in [1.54, 1.807) is 6.08 Å². The van der Waals surface area contributed by atoms with E-state index in [-0.39, 0.29) is 17.6 Å². The molecule has 1 amide bonds. The maximum absolute atomic E-state index is 10.8. The van der Waals surface area contributed by atoms with Crippen molar-refractivity contribution < 1.29 is 14.3 Å². The summed E-state index contributed by atoms with van der Waals surface area (Å²) in [6.45, 7) is 8.81. The van der Waals surface area contributed by atoms with Crippen molar-refractivity contribution in [3.63, 3.8) is 0 Å². The molecule has 0 spiro atoms. The molecule has 0 aromatic heterocycles. The number of ether oxygens (including phenoxy) is 2. The van der Waals surface area contributed by atoms with Crippen molar-refractivity contribution in [2.75, 3.05) is 13.2 Å². The molecular formula is C11H19NO3. The zero-order valence-electron chi connectivity index (χ0n) is 9.79. The van der Waals surface area contributed by atoms with Crippen molar-refractivity contribution in [2.45, 2.75) is 34.0 Å². The van der Waals surface area contributed by atoms with E-state index in [9.17, 15) is 4.79 Å². The van der Waals surface area contributed by atoms with Crippen molar-refractivity contribution >= 4 is 5.91 Å². The van der Waals surface area contributed by atoms with Crippen molar-refractivity contribution in [3.8, 4) is 0 Å². The Balaban J connectivity index is 2.44. The van der Waals surface area contributed by atoms with Gasteiger partial charge in [0.2, 0.25) is 5.91 Å². The van der Waals surface area contributed by atoms with Crippen LogP contribution in [0, 0.1) is 5.41 Å². The lowest BCUT2D eigenvalue weighted by Gasteiger charge is -2.33. The third-order valence-electron chi connectivity index (χ3n) is 2.04. The minimum absolute atomic E-state index is 0.0756. The molecule has 0 bridgehead atoms. The fraction of sp³-hybridized carbons (Fsp3) is 0.727. The van der Waals surface area contributed by atoms with Gasteiger partial charge in [-0.3, -0.25) is 4.79 Å². The summed E-state index contributed by atoms with van der Waals surface area (Å²) >= 11 is 0. The fourth-order valence-electron chi connectivity index (χ4n) is 1.32. The van der Waals surface area contributed by atoms with Gasteiger partial charge in [-0.25, -0.2) is 0 Å². The Kier molecular flexibility index (Phi) is 3.88. The average Bonchev–Trinajstić information content (AvgIpc) is 2.07. The van der Waals surface area contributed by atoms with E-state index in [1.165, 1.54) is 6.92 Å². The lowest BCUT2D eigenvalue weighted by atomic mass is 9.96. The van der Waals surface area contributed by atoms with Crippen LogP contribution in [-0.2, 0) is 14.3 Å². The molecular weight excluding hydrogens is 194 g/mol. The van der Waals surface area contributed by atoms with Crippen LogP contribution in [0.2, 0.25) is 0 Å². The van der Waals surface area contributed by atoms with Gasteiger partial charge in [-0.1, -0.05) is 13.8 Å². The monoisotopic (exact) mass is 213 g/mol. The summed E-state index contributed by atoms with van der Waals surface area (Å²) in [5.41, 5.74) is 0.832. The highest BCUT2D eigenvalue weighted by Crippen LogP contribution is 2.23. The molecule has 4 nitrogen and oxygen atoms in total. The standard InChI is InChI=1S/C11H19NO3/c1-8(12-9(2)13)5-10-14-6-11(3,4)7-15-10/h5,10H,6-7H2,1-4H3,(H,12,13)/b8-5-. The first-order valence-electron chi connectivity index (χ1n) is 5.08. The number of carbonyl (C=O) groups is 1. The third kappa shape index (κ3) is 4.44. The van der Waals surface area contributed by atoms with E-state index in [2.05, 4.69) is 19.2 Å². The van der Waals surface area contributed by atoms with Crippen LogP contribution in [0.5, 0.6) is 0 Å². The van der Waals surface area contributed by atoms with Crippen LogP contribution in [0.25, 0.3) is 0 Å². The summed E-state index contributed by atoms with van der Waals surface area (Å²) in [5, 5.41) is 2.67. The second-order valence-corrected chi connectivity index (χ2v) is 4.69. The molecule has 0 aliphatic carbocycles. The molecule has 1 N–H and O–H groups in total. The molecule has 0 radical (unpaired) electrons. The molecule has 4 heteroatoms. The molecule has 0 atom stereocenters. The van der Waals surface area contributed by atoms with Gasteiger partial charge >= 0.3 is 0 Å². The van der Waals surface area contributed by atoms with Crippen LogP contribution in [-0.4, -0.2) is 25.4 Å². The number of rotatable bonds is 2. The Hall–Kier alpha value is -0.870. The molecule has 1 aliphatic heterocycles. The predicted molar refractivity (Wildman–Crippen MR) is 57.0 cm³/mol. The first-order valence-corrected chi connectivity index (χ1v) is 5.08. The molecule has 0 unspecified atom stereocenters. The maximum Gasteiger partial charge on any atom is 0.220 e. The highest BCUT2D eigenvalue weighted by Gasteiger charge is 2.27. The van der Waals surface area contributed by atoms with Crippen LogP contribution in [0.4, 0.5) is 0 Å². The number of amides is 1. The predicted octanol–water partition coefficient (Wildman–Crippen LogP) is 1.43. The largest absolute Gasteiger partial charge is 0.348 e. The Bertz CT molecular complexity index is 261. The fourth-order valence-corrected chi connectivity index (χ4v) is 1.32. The lowest BCUT2D eigenvalue weighted by Crippen LogP contribution is -2.37. The van der Waals surface area contributed by atoms with Crippen LogP contribution in [0.3, 0.4) is 0 Å². The first-order chi connectivity index (χ1) is 6.89.